The van der Waals surface area contributed by atoms with E-state index < -0.39 is 44.0 Å². The van der Waals surface area contributed by atoms with Gasteiger partial charge in [-0.05, 0) is 12.1 Å². The standard InChI is InChI=1S/C9H3ClF5NO4S/c10-21(17,18)7-5(19-8(11)12)1-4(3-16)2-6(7)20-9(13,14)15/h1-2,8H. The Bertz CT molecular complexity index is 683. The predicted molar refractivity (Wildman–Crippen MR) is 57.5 cm³/mol. The topological polar surface area (TPSA) is 76.4 Å². The number of rotatable bonds is 4. The van der Waals surface area contributed by atoms with Crippen LogP contribution in [0.25, 0.3) is 0 Å². The quantitative estimate of drug-likeness (QED) is 0.615. The fourth-order valence-electron chi connectivity index (χ4n) is 1.27. The third kappa shape index (κ3) is 4.91. The van der Waals surface area contributed by atoms with Gasteiger partial charge in [-0.15, -0.1) is 13.2 Å². The molecule has 21 heavy (non-hydrogen) atoms. The van der Waals surface area contributed by atoms with E-state index in [-0.39, 0.29) is 0 Å². The Morgan fingerprint density at radius 3 is 2.14 bits per heavy atom. The van der Waals surface area contributed by atoms with Gasteiger partial charge in [-0.2, -0.15) is 14.0 Å². The number of halogens is 6. The van der Waals surface area contributed by atoms with Crippen molar-refractivity contribution in [2.24, 2.45) is 0 Å². The van der Waals surface area contributed by atoms with Crippen molar-refractivity contribution < 1.29 is 39.8 Å². The maximum atomic E-state index is 12.2. The first-order valence-electron chi connectivity index (χ1n) is 4.67. The summed E-state index contributed by atoms with van der Waals surface area (Å²) in [7, 11) is -0.0339. The predicted octanol–water partition coefficient (Wildman–Crippen LogP) is 2.99. The van der Waals surface area contributed by atoms with E-state index >= 15 is 0 Å². The van der Waals surface area contributed by atoms with Crippen LogP contribution in [0.15, 0.2) is 17.0 Å². The highest BCUT2D eigenvalue weighted by molar-refractivity contribution is 8.13. The Kier molecular flexibility index (Phi) is 4.85. The summed E-state index contributed by atoms with van der Waals surface area (Å²) in [5.74, 6) is -2.69. The van der Waals surface area contributed by atoms with Crippen LogP contribution in [-0.4, -0.2) is 21.4 Å². The number of nitrogens with zero attached hydrogens (tertiary/aromatic N) is 1. The van der Waals surface area contributed by atoms with E-state index in [1.807, 2.05) is 0 Å². The molecule has 0 saturated carbocycles. The van der Waals surface area contributed by atoms with Crippen molar-refractivity contribution in [2.45, 2.75) is 17.9 Å². The van der Waals surface area contributed by atoms with E-state index in [4.69, 9.17) is 15.9 Å². The molecule has 0 spiro atoms. The van der Waals surface area contributed by atoms with E-state index in [1.54, 1.807) is 0 Å². The Hall–Kier alpha value is -1.80. The molecule has 0 atom stereocenters. The normalized spacial score (nSPS) is 12.1. The molecule has 12 heteroatoms. The summed E-state index contributed by atoms with van der Waals surface area (Å²) in [6.07, 6.45) is -5.34. The molecule has 0 saturated heterocycles. The van der Waals surface area contributed by atoms with Gasteiger partial charge in [0, 0.05) is 10.7 Å². The van der Waals surface area contributed by atoms with Crippen molar-refractivity contribution in [1.29, 1.82) is 5.26 Å². The second kappa shape index (κ2) is 5.90. The van der Waals surface area contributed by atoms with Gasteiger partial charge < -0.3 is 9.47 Å². The van der Waals surface area contributed by atoms with E-state index in [9.17, 15) is 30.4 Å². The molecular formula is C9H3ClF5NO4S. The zero-order chi connectivity index (χ0) is 16.4. The Balaban J connectivity index is 3.63. The number of hydrogen-bond acceptors (Lipinski definition) is 5. The van der Waals surface area contributed by atoms with Crippen molar-refractivity contribution in [2.75, 3.05) is 0 Å². The van der Waals surface area contributed by atoms with Crippen molar-refractivity contribution in [1.82, 2.24) is 0 Å². The van der Waals surface area contributed by atoms with Crippen LogP contribution in [0.1, 0.15) is 5.56 Å². The molecule has 0 radical (unpaired) electrons. The summed E-state index contributed by atoms with van der Waals surface area (Å²) in [6, 6.07) is 2.20. The minimum Gasteiger partial charge on any atom is -0.433 e. The van der Waals surface area contributed by atoms with Crippen molar-refractivity contribution in [3.05, 3.63) is 17.7 Å². The van der Waals surface area contributed by atoms with Gasteiger partial charge in [-0.25, -0.2) is 8.42 Å². The highest BCUT2D eigenvalue weighted by Crippen LogP contribution is 2.40. The van der Waals surface area contributed by atoms with Gasteiger partial charge in [0.05, 0.1) is 11.6 Å². The fourth-order valence-corrected chi connectivity index (χ4v) is 2.41. The summed E-state index contributed by atoms with van der Waals surface area (Å²) in [6.45, 7) is -3.56. The average molecular weight is 352 g/mol. The number of benzene rings is 1. The van der Waals surface area contributed by atoms with E-state index in [0.29, 0.717) is 12.1 Å². The van der Waals surface area contributed by atoms with Gasteiger partial charge in [-0.3, -0.25) is 0 Å². The van der Waals surface area contributed by atoms with Crippen LogP contribution in [0.5, 0.6) is 11.5 Å². The number of alkyl halides is 5. The number of ether oxygens (including phenoxy) is 2. The highest BCUT2D eigenvalue weighted by Gasteiger charge is 2.36. The Morgan fingerprint density at radius 1 is 1.24 bits per heavy atom. The molecule has 0 bridgehead atoms. The lowest BCUT2D eigenvalue weighted by molar-refractivity contribution is -0.275. The minimum atomic E-state index is -5.34. The lowest BCUT2D eigenvalue weighted by Gasteiger charge is -2.15. The molecule has 0 amide bonds. The molecule has 0 fully saturated rings. The zero-order valence-corrected chi connectivity index (χ0v) is 11.1. The summed E-state index contributed by atoms with van der Waals surface area (Å²) in [5.41, 5.74) is -0.603. The fraction of sp³-hybridized carbons (Fsp3) is 0.222. The van der Waals surface area contributed by atoms with Gasteiger partial charge in [0.15, 0.2) is 16.4 Å². The Labute approximate surface area is 118 Å². The molecule has 1 rings (SSSR count). The number of hydrogen-bond donors (Lipinski definition) is 0. The van der Waals surface area contributed by atoms with Crippen molar-refractivity contribution >= 4 is 19.7 Å². The zero-order valence-electron chi connectivity index (χ0n) is 9.49. The molecule has 0 aliphatic carbocycles. The van der Waals surface area contributed by atoms with Gasteiger partial charge in [0.25, 0.3) is 9.05 Å². The van der Waals surface area contributed by atoms with Crippen LogP contribution < -0.4 is 9.47 Å². The average Bonchev–Trinajstić information content (AvgIpc) is 2.23. The molecule has 5 nitrogen and oxygen atoms in total. The molecule has 1 aromatic carbocycles. The second-order valence-corrected chi connectivity index (χ2v) is 5.78. The summed E-state index contributed by atoms with van der Waals surface area (Å²) < 4.78 is 90.7. The van der Waals surface area contributed by atoms with Crippen LogP contribution in [0.3, 0.4) is 0 Å². The smallest absolute Gasteiger partial charge is 0.433 e. The van der Waals surface area contributed by atoms with Crippen LogP contribution in [0.4, 0.5) is 22.0 Å². The molecule has 0 aromatic heterocycles. The molecule has 1 aromatic rings. The lowest BCUT2D eigenvalue weighted by atomic mass is 10.2. The van der Waals surface area contributed by atoms with Crippen LogP contribution in [-0.2, 0) is 9.05 Å². The summed E-state index contributed by atoms with van der Waals surface area (Å²) >= 11 is 0. The van der Waals surface area contributed by atoms with E-state index in [1.165, 1.54) is 6.07 Å². The third-order valence-corrected chi connectivity index (χ3v) is 3.19. The molecule has 0 unspecified atom stereocenters. The Morgan fingerprint density at radius 2 is 1.76 bits per heavy atom. The summed E-state index contributed by atoms with van der Waals surface area (Å²) in [4.78, 5) is -1.46. The molecule has 0 aliphatic rings. The maximum absolute atomic E-state index is 12.2. The highest BCUT2D eigenvalue weighted by atomic mass is 35.7. The first kappa shape index (κ1) is 17.3. The van der Waals surface area contributed by atoms with Crippen LogP contribution in [0.2, 0.25) is 0 Å². The van der Waals surface area contributed by atoms with E-state index in [0.717, 1.165) is 0 Å². The molecule has 116 valence electrons. The molecule has 0 N–H and O–H groups in total. The van der Waals surface area contributed by atoms with Gasteiger partial charge in [0.1, 0.15) is 0 Å². The molecule has 0 aliphatic heterocycles. The largest absolute Gasteiger partial charge is 0.573 e. The van der Waals surface area contributed by atoms with Crippen LogP contribution >= 0.6 is 10.7 Å². The van der Waals surface area contributed by atoms with E-state index in [2.05, 4.69) is 9.47 Å². The van der Waals surface area contributed by atoms with Gasteiger partial charge >= 0.3 is 13.0 Å². The van der Waals surface area contributed by atoms with Crippen LogP contribution in [0, 0.1) is 11.3 Å². The van der Waals surface area contributed by atoms with Gasteiger partial charge in [0.2, 0.25) is 0 Å². The van der Waals surface area contributed by atoms with Gasteiger partial charge in [-0.1, -0.05) is 0 Å². The van der Waals surface area contributed by atoms with Crippen molar-refractivity contribution in [3.8, 4) is 17.6 Å². The molecule has 0 heterocycles. The number of nitriles is 1. The first-order chi connectivity index (χ1) is 9.44. The minimum absolute atomic E-state index is 0.376. The summed E-state index contributed by atoms with van der Waals surface area (Å²) in [5, 5.41) is 8.60. The second-order valence-electron chi connectivity index (χ2n) is 3.28. The SMILES string of the molecule is N#Cc1cc(OC(F)F)c(S(=O)(=O)Cl)c(OC(F)(F)F)c1. The maximum Gasteiger partial charge on any atom is 0.573 e. The first-order valence-corrected chi connectivity index (χ1v) is 6.98. The molecular weight excluding hydrogens is 349 g/mol. The van der Waals surface area contributed by atoms with Crippen molar-refractivity contribution in [3.63, 3.8) is 0 Å². The third-order valence-electron chi connectivity index (χ3n) is 1.84. The lowest BCUT2D eigenvalue weighted by Crippen LogP contribution is -2.19. The monoisotopic (exact) mass is 351 g/mol.